The van der Waals surface area contributed by atoms with Gasteiger partial charge in [0.15, 0.2) is 0 Å². The van der Waals surface area contributed by atoms with Crippen molar-refractivity contribution >= 4 is 63.8 Å². The highest BCUT2D eigenvalue weighted by Crippen LogP contribution is 2.44. The van der Waals surface area contributed by atoms with Crippen LogP contribution in [0.1, 0.15) is 162 Å². The molecule has 10 aromatic rings. The summed E-state index contributed by atoms with van der Waals surface area (Å²) in [5.41, 5.74) is 19.5. The number of carboxylic acid groups (broad SMARTS) is 1. The summed E-state index contributed by atoms with van der Waals surface area (Å²) in [6, 6.07) is 20.3. The molecule has 93 heavy (non-hydrogen) atoms. The Kier molecular flexibility index (Phi) is 23.6. The molecule has 1 amide bonds. The van der Waals surface area contributed by atoms with E-state index in [2.05, 4.69) is 108 Å². The minimum Gasteiger partial charge on any atom is -0.496 e. The number of nitrogens with one attached hydrogen (secondary N) is 3. The number of aromatic carboxylic acids is 1. The van der Waals surface area contributed by atoms with Crippen LogP contribution in [0.4, 0.5) is 0 Å². The number of hydrogen-bond donors (Lipinski definition) is 6. The summed E-state index contributed by atoms with van der Waals surface area (Å²) in [5, 5.41) is 32.0. The number of ether oxygens (including phenoxy) is 2. The third-order valence-corrected chi connectivity index (χ3v) is 16.8. The highest BCUT2D eigenvalue weighted by molar-refractivity contribution is 6.15. The van der Waals surface area contributed by atoms with E-state index in [4.69, 9.17) is 45.6 Å². The minimum atomic E-state index is -0.978. The minimum absolute atomic E-state index is 0. The van der Waals surface area contributed by atoms with Gasteiger partial charge in [-0.15, -0.1) is 0 Å². The van der Waals surface area contributed by atoms with Gasteiger partial charge in [0.25, 0.3) is 13.9 Å². The Balaban J connectivity index is 0.000000248. The molecule has 2 fully saturated rings. The largest absolute Gasteiger partial charge is 0.496 e. The fourth-order valence-corrected chi connectivity index (χ4v) is 11.9. The Morgan fingerprint density at radius 3 is 1.38 bits per heavy atom. The second kappa shape index (κ2) is 30.5. The standard InChI is InChI=1S/C34H40N6O3.C28H28N4O4.C6H14N2.C2H6.2CH4.BH2O/c1-18-29(19(2)43-39-18)26-16-27-25(17-28(26)42-8)30-31(35-20(3)36-32(30)38-27)21-13-22(15-23(14-21)34(4,5)6)33(41)37-24-9-11-40(7)12-10-24;1-13-23(14(2)36-32-13)20-11-21-19(12-22(20)35-7)24-25(29-15(3)30-26(24)31-21)16-8-17(27(33)34)10-18(9-16)28(4,5)6;1-8-4-2-6(7)3-5-8;1-2;;;1-2/h13-17,24H,9-12H2,1-8H3,(H,37,41)(H,35,36,38);8-12H,1-7H3,(H,33,34)(H,29,30,31);6H,2-5,7H2,1H3;1-2H3;2*1H4;1-2H/i;;;;;;1T. The van der Waals surface area contributed by atoms with Gasteiger partial charge in [-0.2, -0.15) is 0 Å². The predicted molar refractivity (Wildman–Crippen MR) is 377 cm³/mol. The van der Waals surface area contributed by atoms with E-state index in [1.807, 2.05) is 91.8 Å². The van der Waals surface area contributed by atoms with E-state index in [0.717, 1.165) is 132 Å². The average Bonchev–Trinajstić information content (AvgIpc) is 1.56. The van der Waals surface area contributed by atoms with E-state index in [-0.39, 0.29) is 51.2 Å². The van der Waals surface area contributed by atoms with Crippen LogP contribution in [-0.2, 0) is 10.8 Å². The van der Waals surface area contributed by atoms with Crippen LogP contribution in [0.25, 0.3) is 88.6 Å². The van der Waals surface area contributed by atoms with Crippen molar-refractivity contribution < 1.29 is 38.2 Å². The lowest BCUT2D eigenvalue weighted by Crippen LogP contribution is -2.43. The summed E-state index contributed by atoms with van der Waals surface area (Å²) < 4.78 is 28.2. The number of piperidine rings is 2. The van der Waals surface area contributed by atoms with E-state index in [1.165, 1.54) is 25.9 Å². The van der Waals surface area contributed by atoms with E-state index >= 15 is 0 Å². The quantitative estimate of drug-likeness (QED) is 0.0733. The Labute approximate surface area is 550 Å². The van der Waals surface area contributed by atoms with Crippen molar-refractivity contribution in [2.45, 2.75) is 160 Å². The molecule has 7 N–H and O–H groups in total. The highest BCUT2D eigenvalue weighted by atomic mass is 16.5. The number of carbonyl (C=O) groups is 2. The van der Waals surface area contributed by atoms with Crippen molar-refractivity contribution in [3.8, 4) is 56.3 Å². The summed E-state index contributed by atoms with van der Waals surface area (Å²) in [7, 11) is 7.82. The van der Waals surface area contributed by atoms with E-state index in [9.17, 15) is 14.7 Å². The molecule has 2 aliphatic heterocycles. The molecule has 20 nitrogen and oxygen atoms in total. The molecule has 6 aromatic heterocycles. The van der Waals surface area contributed by atoms with Crippen LogP contribution >= 0.6 is 0 Å². The predicted octanol–water partition coefficient (Wildman–Crippen LogP) is 14.0. The zero-order valence-electron chi connectivity index (χ0n) is 57.2. The molecular formula is C72H98BN12O8. The Morgan fingerprint density at radius 2 is 1.02 bits per heavy atom. The van der Waals surface area contributed by atoms with Crippen LogP contribution in [0.15, 0.2) is 69.7 Å². The van der Waals surface area contributed by atoms with Crippen LogP contribution in [0.3, 0.4) is 0 Å². The van der Waals surface area contributed by atoms with Crippen molar-refractivity contribution in [1.82, 2.24) is 55.3 Å². The van der Waals surface area contributed by atoms with Crippen LogP contribution in [-0.4, -0.2) is 148 Å². The summed E-state index contributed by atoms with van der Waals surface area (Å²) in [5.74, 6) is 3.01. The number of aryl methyl sites for hydroxylation is 6. The number of aromatic amines is 2. The number of carboxylic acids is 1. The molecule has 0 bridgehead atoms. The molecule has 0 spiro atoms. The zero-order chi connectivity index (χ0) is 67.3. The van der Waals surface area contributed by atoms with Gasteiger partial charge in [-0.1, -0.05) is 80.6 Å². The Morgan fingerprint density at radius 1 is 0.634 bits per heavy atom. The van der Waals surface area contributed by atoms with Crippen molar-refractivity contribution in [3.05, 3.63) is 117 Å². The molecule has 4 aromatic carbocycles. The Bertz CT molecular complexity index is 4230. The number of nitrogens with zero attached hydrogens (tertiary/aromatic N) is 8. The fraction of sp³-hybridized carbons (Fsp3) is 0.444. The Hall–Kier alpha value is -8.50. The van der Waals surface area contributed by atoms with E-state index in [0.29, 0.717) is 51.9 Å². The molecule has 12 rings (SSSR count). The first-order chi connectivity index (χ1) is 43.6. The van der Waals surface area contributed by atoms with Gasteiger partial charge in [0.1, 0.15) is 46.0 Å². The molecule has 0 aliphatic carbocycles. The van der Waals surface area contributed by atoms with Gasteiger partial charge in [-0.05, 0) is 190 Å². The van der Waals surface area contributed by atoms with Gasteiger partial charge in [0.05, 0.1) is 64.5 Å². The second-order valence-electron chi connectivity index (χ2n) is 25.6. The molecule has 2 aliphatic rings. The first-order valence-electron chi connectivity index (χ1n) is 31.6. The fourth-order valence-electron chi connectivity index (χ4n) is 11.9. The summed E-state index contributed by atoms with van der Waals surface area (Å²) in [6.45, 7) is 32.3. The molecule has 2 saturated heterocycles. The number of fused-ring (bicyclic) bond motifs is 6. The summed E-state index contributed by atoms with van der Waals surface area (Å²) >= 11 is 0. The lowest BCUT2D eigenvalue weighted by Gasteiger charge is -2.29. The van der Waals surface area contributed by atoms with Gasteiger partial charge in [-0.25, -0.2) is 24.7 Å². The van der Waals surface area contributed by atoms with Gasteiger partial charge in [0.2, 0.25) is 0 Å². The topological polar surface area (TPSA) is 273 Å². The number of methoxy groups -OCH3 is 2. The maximum Gasteiger partial charge on any atom is 0.335 e. The number of rotatable bonds is 9. The van der Waals surface area contributed by atoms with Crippen LogP contribution in [0, 0.1) is 41.5 Å². The SMILES string of the molecule is C.C.CC.CN1CCC(N)CC1.COc1cc2c(cc1-c1c(C)noc1C)[nH]c1nc(C)nc(-c3cc(C(=O)NC4CCN(C)CC4)cc(C(C)(C)C)c3)c12.COc1cc2c(cc1-c1c(C)noc1C)[nH]c1nc(C)nc(-c3cc(C(=O)O)cc(C(C)(C)C)c3)c12.[3H][B]O. The number of amides is 1. The van der Waals surface area contributed by atoms with Crippen molar-refractivity contribution in [2.75, 3.05) is 54.5 Å². The molecule has 21 heteroatoms. The first-order valence-corrected chi connectivity index (χ1v) is 31.1. The first kappa shape index (κ1) is 71.9. The molecule has 8 heterocycles. The number of carbonyl (C=O) groups excluding carboxylic acids is 1. The number of H-pyrrole nitrogens is 2. The third-order valence-electron chi connectivity index (χ3n) is 16.8. The lowest BCUT2D eigenvalue weighted by atomic mass is 9.84. The van der Waals surface area contributed by atoms with Crippen LogP contribution < -0.4 is 20.5 Å². The third kappa shape index (κ3) is 16.1. The van der Waals surface area contributed by atoms with Crippen molar-refractivity contribution in [2.24, 2.45) is 5.73 Å². The number of benzene rings is 4. The molecular weight excluding hydrogens is 1170 g/mol. The summed E-state index contributed by atoms with van der Waals surface area (Å²) in [4.78, 5) is 56.4. The normalized spacial score (nSPS) is 14.0. The zero-order valence-corrected chi connectivity index (χ0v) is 56.2. The molecule has 1 radical (unpaired) electrons. The van der Waals surface area contributed by atoms with Crippen LogP contribution in [0.2, 0.25) is 0 Å². The van der Waals surface area contributed by atoms with E-state index < -0.39 is 5.97 Å². The van der Waals surface area contributed by atoms with Gasteiger partial charge in [0, 0.05) is 63.0 Å². The van der Waals surface area contributed by atoms with Crippen molar-refractivity contribution in [1.29, 1.82) is 1.34 Å². The molecule has 497 valence electrons. The maximum absolute atomic E-state index is 13.6. The van der Waals surface area contributed by atoms with Gasteiger partial charge >= 0.3 is 5.97 Å². The molecule has 0 saturated carbocycles. The van der Waals surface area contributed by atoms with Crippen molar-refractivity contribution in [3.63, 3.8) is 0 Å². The number of hydrogen-bond acceptors (Lipinski definition) is 16. The number of likely N-dealkylation sites (tertiary alicyclic amines) is 2. The highest BCUT2D eigenvalue weighted by Gasteiger charge is 2.28. The second-order valence-corrected chi connectivity index (χ2v) is 25.6. The average molecular weight is 1270 g/mol. The maximum atomic E-state index is 13.6. The summed E-state index contributed by atoms with van der Waals surface area (Å²) in [6.07, 6.45) is 4.26. The smallest absolute Gasteiger partial charge is 0.335 e. The molecule has 0 unspecified atom stereocenters. The van der Waals surface area contributed by atoms with Gasteiger partial charge in [-0.3, -0.25) is 4.79 Å². The number of nitrogens with two attached hydrogens (primary N) is 1. The molecule has 0 atom stereocenters. The van der Waals surface area contributed by atoms with E-state index in [1.54, 1.807) is 26.4 Å². The van der Waals surface area contributed by atoms with Crippen LogP contribution in [0.5, 0.6) is 11.5 Å². The number of aromatic nitrogens is 8. The monoisotopic (exact) mass is 1270 g/mol. The lowest BCUT2D eigenvalue weighted by molar-refractivity contribution is 0.0696. The van der Waals surface area contributed by atoms with Gasteiger partial charge < -0.3 is 59.5 Å².